The topological polar surface area (TPSA) is 99.5 Å². The van der Waals surface area contributed by atoms with E-state index in [1.165, 1.54) is 4.90 Å². The van der Waals surface area contributed by atoms with Gasteiger partial charge in [-0.25, -0.2) is 0 Å². The molecule has 0 aliphatic carbocycles. The van der Waals surface area contributed by atoms with Crippen molar-refractivity contribution >= 4 is 11.8 Å². The molecule has 3 rings (SSSR count). The Morgan fingerprint density at radius 2 is 1.91 bits per heavy atom. The molecule has 8 nitrogen and oxygen atoms in total. The van der Waals surface area contributed by atoms with Gasteiger partial charge < -0.3 is 20.6 Å². The van der Waals surface area contributed by atoms with Gasteiger partial charge in [0, 0.05) is 32.8 Å². The molecule has 1 fully saturated rings. The van der Waals surface area contributed by atoms with E-state index in [9.17, 15) is 14.7 Å². The quantitative estimate of drug-likeness (QED) is 0.607. The molecule has 174 valence electrons. The first kappa shape index (κ1) is 23.9. The normalized spacial score (nSPS) is 19.8. The lowest BCUT2D eigenvalue weighted by Crippen LogP contribution is -2.56. The van der Waals surface area contributed by atoms with Crippen LogP contribution in [0.25, 0.3) is 11.3 Å². The summed E-state index contributed by atoms with van der Waals surface area (Å²) in [7, 11) is 1.90. The van der Waals surface area contributed by atoms with Gasteiger partial charge in [-0.05, 0) is 29.2 Å². The molecule has 3 atom stereocenters. The van der Waals surface area contributed by atoms with Crippen molar-refractivity contribution in [3.63, 3.8) is 0 Å². The largest absolute Gasteiger partial charge is 0.391 e. The maximum absolute atomic E-state index is 13.3. The van der Waals surface area contributed by atoms with Crippen molar-refractivity contribution in [2.75, 3.05) is 13.1 Å². The van der Waals surface area contributed by atoms with Gasteiger partial charge in [0.15, 0.2) is 0 Å². The second-order valence-electron chi connectivity index (χ2n) is 9.51. The number of benzene rings is 1. The zero-order valence-electron chi connectivity index (χ0n) is 19.6. The number of aliphatic hydroxyl groups is 1. The molecule has 1 aliphatic rings. The molecule has 32 heavy (non-hydrogen) atoms. The van der Waals surface area contributed by atoms with Crippen LogP contribution in [0.3, 0.4) is 0 Å². The van der Waals surface area contributed by atoms with E-state index in [0.717, 1.165) is 16.8 Å². The number of aromatic nitrogens is 2. The van der Waals surface area contributed by atoms with Crippen LogP contribution in [0, 0.1) is 5.41 Å². The van der Waals surface area contributed by atoms with Gasteiger partial charge in [-0.2, -0.15) is 5.10 Å². The number of β-amino-alcohol motifs (C(OH)–C–C–N with tert-alkyl or cyclic N) is 1. The monoisotopic (exact) mass is 441 g/mol. The number of nitrogens with one attached hydrogen (secondary N) is 2. The van der Waals surface area contributed by atoms with Crippen LogP contribution in [0.5, 0.6) is 0 Å². The Morgan fingerprint density at radius 1 is 1.22 bits per heavy atom. The van der Waals surface area contributed by atoms with Crippen molar-refractivity contribution in [1.29, 1.82) is 0 Å². The smallest absolute Gasteiger partial charge is 0.243 e. The van der Waals surface area contributed by atoms with E-state index >= 15 is 0 Å². The highest BCUT2D eigenvalue weighted by Crippen LogP contribution is 2.26. The third-order valence-corrected chi connectivity index (χ3v) is 5.92. The molecule has 1 aromatic heterocycles. The molecule has 0 bridgehead atoms. The standard InChI is InChI=1S/C24H35N5O3/c1-6-25-21(24(2,3)4)23(32)29-15-18(30)13-20(29)22(31)26-14-16-7-9-17(10-8-16)19-11-12-27-28(19)5/h7-12,18,20-21,25,30H,6,13-15H2,1-5H3,(H,26,31)/t18-,20+,21-/m1/s1. The fourth-order valence-corrected chi connectivity index (χ4v) is 4.20. The van der Waals surface area contributed by atoms with E-state index in [-0.39, 0.29) is 30.2 Å². The van der Waals surface area contributed by atoms with Gasteiger partial charge in [0.2, 0.25) is 11.8 Å². The maximum Gasteiger partial charge on any atom is 0.243 e. The Kier molecular flexibility index (Phi) is 7.36. The minimum Gasteiger partial charge on any atom is -0.391 e. The summed E-state index contributed by atoms with van der Waals surface area (Å²) < 4.78 is 1.81. The highest BCUT2D eigenvalue weighted by Gasteiger charge is 2.43. The Bertz CT molecular complexity index is 932. The predicted molar refractivity (Wildman–Crippen MR) is 124 cm³/mol. The highest BCUT2D eigenvalue weighted by atomic mass is 16.3. The lowest BCUT2D eigenvalue weighted by Gasteiger charge is -2.35. The molecule has 0 spiro atoms. The molecule has 3 N–H and O–H groups in total. The molecule has 8 heteroatoms. The van der Waals surface area contributed by atoms with E-state index in [1.807, 2.05) is 69.8 Å². The summed E-state index contributed by atoms with van der Waals surface area (Å²) >= 11 is 0. The fraction of sp³-hybridized carbons (Fsp3) is 0.542. The Morgan fingerprint density at radius 3 is 2.47 bits per heavy atom. The summed E-state index contributed by atoms with van der Waals surface area (Å²) in [5.41, 5.74) is 2.72. The van der Waals surface area contributed by atoms with Crippen molar-refractivity contribution in [3.8, 4) is 11.3 Å². The minimum atomic E-state index is -0.699. The van der Waals surface area contributed by atoms with Crippen LogP contribution in [0.4, 0.5) is 0 Å². The maximum atomic E-state index is 13.3. The number of carbonyl (C=O) groups is 2. The fourth-order valence-electron chi connectivity index (χ4n) is 4.20. The molecule has 2 amide bonds. The summed E-state index contributed by atoms with van der Waals surface area (Å²) in [6.07, 6.45) is 1.31. The van der Waals surface area contributed by atoms with Crippen LogP contribution in [-0.2, 0) is 23.2 Å². The van der Waals surface area contributed by atoms with Gasteiger partial charge in [-0.15, -0.1) is 0 Å². The molecule has 2 heterocycles. The van der Waals surface area contributed by atoms with E-state index in [4.69, 9.17) is 0 Å². The number of hydrogen-bond donors (Lipinski definition) is 3. The highest BCUT2D eigenvalue weighted by molar-refractivity contribution is 5.91. The Balaban J connectivity index is 1.65. The van der Waals surface area contributed by atoms with Crippen LogP contribution >= 0.6 is 0 Å². The van der Waals surface area contributed by atoms with Gasteiger partial charge in [-0.1, -0.05) is 52.0 Å². The first-order chi connectivity index (χ1) is 15.1. The van der Waals surface area contributed by atoms with E-state index in [1.54, 1.807) is 6.20 Å². The minimum absolute atomic E-state index is 0.142. The van der Waals surface area contributed by atoms with Gasteiger partial charge in [0.25, 0.3) is 0 Å². The average Bonchev–Trinajstić information content (AvgIpc) is 3.35. The number of likely N-dealkylation sites (N-methyl/N-ethyl adjacent to an activating group) is 1. The molecule has 0 unspecified atom stereocenters. The molecular formula is C24H35N5O3. The van der Waals surface area contributed by atoms with E-state index < -0.39 is 18.2 Å². The second-order valence-corrected chi connectivity index (χ2v) is 9.51. The number of likely N-dealkylation sites (tertiary alicyclic amines) is 1. The second kappa shape index (κ2) is 9.83. The number of carbonyl (C=O) groups excluding carboxylic acids is 2. The van der Waals surface area contributed by atoms with Gasteiger partial charge in [0.1, 0.15) is 6.04 Å². The van der Waals surface area contributed by atoms with Crippen LogP contribution in [0.15, 0.2) is 36.5 Å². The molecule has 1 saturated heterocycles. The summed E-state index contributed by atoms with van der Waals surface area (Å²) in [5, 5.41) is 20.6. The lowest BCUT2D eigenvalue weighted by atomic mass is 9.85. The number of aryl methyl sites for hydroxylation is 1. The Hall–Kier alpha value is -2.71. The number of nitrogens with zero attached hydrogens (tertiary/aromatic N) is 3. The first-order valence-electron chi connectivity index (χ1n) is 11.2. The van der Waals surface area contributed by atoms with Gasteiger partial charge in [0.05, 0.1) is 17.8 Å². The van der Waals surface area contributed by atoms with Crippen molar-refractivity contribution in [2.45, 2.75) is 58.8 Å². The van der Waals surface area contributed by atoms with Crippen LogP contribution in [0.1, 0.15) is 39.7 Å². The number of aliphatic hydroxyl groups excluding tert-OH is 1. The third kappa shape index (κ3) is 5.37. The molecule has 2 aromatic rings. The molecular weight excluding hydrogens is 406 g/mol. The first-order valence-corrected chi connectivity index (χ1v) is 11.2. The molecule has 1 aromatic carbocycles. The van der Waals surface area contributed by atoms with Gasteiger partial charge in [-0.3, -0.25) is 14.3 Å². The Labute approximate surface area is 190 Å². The van der Waals surface area contributed by atoms with Crippen molar-refractivity contribution in [2.24, 2.45) is 12.5 Å². The SMILES string of the molecule is CCN[C@H](C(=O)N1C[C@H](O)C[C@H]1C(=O)NCc1ccc(-c2ccnn2C)cc1)C(C)(C)C. The summed E-state index contributed by atoms with van der Waals surface area (Å²) in [6.45, 7) is 9.12. The van der Waals surface area contributed by atoms with Crippen LogP contribution < -0.4 is 10.6 Å². The predicted octanol–water partition coefficient (Wildman–Crippen LogP) is 1.69. The molecule has 0 radical (unpaired) electrons. The number of amides is 2. The van der Waals surface area contributed by atoms with Crippen LogP contribution in [-0.4, -0.2) is 62.9 Å². The summed E-state index contributed by atoms with van der Waals surface area (Å²) in [4.78, 5) is 27.8. The van der Waals surface area contributed by atoms with E-state index in [0.29, 0.717) is 13.1 Å². The zero-order chi connectivity index (χ0) is 23.5. The van der Waals surface area contributed by atoms with Crippen molar-refractivity contribution in [3.05, 3.63) is 42.1 Å². The van der Waals surface area contributed by atoms with Crippen molar-refractivity contribution < 1.29 is 14.7 Å². The molecule has 1 aliphatic heterocycles. The van der Waals surface area contributed by atoms with Crippen LogP contribution in [0.2, 0.25) is 0 Å². The summed E-state index contributed by atoms with van der Waals surface area (Å²) in [5.74, 6) is -0.383. The molecule has 0 saturated carbocycles. The van der Waals surface area contributed by atoms with Crippen molar-refractivity contribution in [1.82, 2.24) is 25.3 Å². The zero-order valence-corrected chi connectivity index (χ0v) is 19.6. The number of rotatable bonds is 7. The number of hydrogen-bond acceptors (Lipinski definition) is 5. The third-order valence-electron chi connectivity index (χ3n) is 5.92. The summed E-state index contributed by atoms with van der Waals surface area (Å²) in [6, 6.07) is 8.79. The lowest BCUT2D eigenvalue weighted by molar-refractivity contribution is -0.142. The van der Waals surface area contributed by atoms with Gasteiger partial charge >= 0.3 is 0 Å². The average molecular weight is 442 g/mol. The van der Waals surface area contributed by atoms with E-state index in [2.05, 4.69) is 15.7 Å².